The van der Waals surface area contributed by atoms with E-state index in [2.05, 4.69) is 66.3 Å². The lowest BCUT2D eigenvalue weighted by atomic mass is 9.87. The van der Waals surface area contributed by atoms with Crippen LogP contribution in [0.25, 0.3) is 0 Å². The second kappa shape index (κ2) is 8.35. The van der Waals surface area contributed by atoms with E-state index in [4.69, 9.17) is 14.0 Å². The van der Waals surface area contributed by atoms with E-state index in [-0.39, 0.29) is 10.8 Å². The van der Waals surface area contributed by atoms with Crippen LogP contribution in [-0.4, -0.2) is 42.9 Å². The molecule has 0 unspecified atom stereocenters. The van der Waals surface area contributed by atoms with Gasteiger partial charge in [0.1, 0.15) is 0 Å². The summed E-state index contributed by atoms with van der Waals surface area (Å²) in [6, 6.07) is 16.7. The van der Waals surface area contributed by atoms with Gasteiger partial charge in [0, 0.05) is 18.4 Å². The van der Waals surface area contributed by atoms with Crippen molar-refractivity contribution < 1.29 is 14.0 Å². The Morgan fingerprint density at radius 2 is 1.74 bits per heavy atom. The number of nitrogens with zero attached hydrogens (tertiary/aromatic N) is 3. The predicted octanol–water partition coefficient (Wildman–Crippen LogP) is 4.48. The molecule has 1 heterocycles. The van der Waals surface area contributed by atoms with Gasteiger partial charge in [-0.25, -0.2) is 0 Å². The SMILES string of the molecule is COc1ccc(Cc2noc(CN(C)C[C@@]3(c4ccccc4)CC3(C)C)n2)cc1OC. The van der Waals surface area contributed by atoms with Crippen LogP contribution in [0.4, 0.5) is 0 Å². The average Bonchev–Trinajstić information content (AvgIpc) is 3.06. The number of benzene rings is 2. The lowest BCUT2D eigenvalue weighted by Crippen LogP contribution is -2.32. The van der Waals surface area contributed by atoms with Crippen molar-refractivity contribution in [3.8, 4) is 11.5 Å². The van der Waals surface area contributed by atoms with E-state index >= 15 is 0 Å². The average molecular weight is 422 g/mol. The molecule has 4 rings (SSSR count). The Bertz CT molecular complexity index is 1030. The van der Waals surface area contributed by atoms with Crippen LogP contribution in [0.2, 0.25) is 0 Å². The second-order valence-corrected chi connectivity index (χ2v) is 9.15. The number of methoxy groups -OCH3 is 2. The molecular formula is C25H31N3O3. The normalized spacial score (nSPS) is 19.4. The Hall–Kier alpha value is -2.86. The van der Waals surface area contributed by atoms with Crippen molar-refractivity contribution in [1.82, 2.24) is 15.0 Å². The summed E-state index contributed by atoms with van der Waals surface area (Å²) in [4.78, 5) is 6.90. The van der Waals surface area contributed by atoms with E-state index in [9.17, 15) is 0 Å². The van der Waals surface area contributed by atoms with Gasteiger partial charge in [0.15, 0.2) is 17.3 Å². The van der Waals surface area contributed by atoms with Crippen LogP contribution in [0.3, 0.4) is 0 Å². The van der Waals surface area contributed by atoms with Crippen LogP contribution in [0.1, 0.15) is 43.1 Å². The Kier molecular flexibility index (Phi) is 5.75. The zero-order valence-corrected chi connectivity index (χ0v) is 19.0. The molecule has 0 N–H and O–H groups in total. The molecule has 0 aliphatic heterocycles. The summed E-state index contributed by atoms with van der Waals surface area (Å²) >= 11 is 0. The van der Waals surface area contributed by atoms with E-state index < -0.39 is 0 Å². The number of aromatic nitrogens is 2. The standard InChI is InChI=1S/C25H31N3O3/c1-24(2)16-25(24,19-9-7-6-8-10-19)17-28(3)15-23-26-22(27-31-23)14-18-11-12-20(29-4)21(13-18)30-5/h6-13H,14-17H2,1-5H3/t25-/m1/s1. The molecule has 0 saturated heterocycles. The van der Waals surface area contributed by atoms with Crippen molar-refractivity contribution in [2.24, 2.45) is 5.41 Å². The highest BCUT2D eigenvalue weighted by atomic mass is 16.5. The van der Waals surface area contributed by atoms with Gasteiger partial charge in [-0.1, -0.05) is 55.4 Å². The molecule has 0 radical (unpaired) electrons. The first-order chi connectivity index (χ1) is 14.9. The smallest absolute Gasteiger partial charge is 0.240 e. The molecule has 0 amide bonds. The predicted molar refractivity (Wildman–Crippen MR) is 120 cm³/mol. The van der Waals surface area contributed by atoms with E-state index in [0.717, 1.165) is 12.1 Å². The zero-order valence-electron chi connectivity index (χ0n) is 19.0. The molecule has 164 valence electrons. The second-order valence-electron chi connectivity index (χ2n) is 9.15. The quantitative estimate of drug-likeness (QED) is 0.508. The van der Waals surface area contributed by atoms with Crippen molar-refractivity contribution in [2.75, 3.05) is 27.8 Å². The first kappa shape index (κ1) is 21.4. The summed E-state index contributed by atoms with van der Waals surface area (Å²) in [5.41, 5.74) is 2.91. The van der Waals surface area contributed by atoms with E-state index in [1.165, 1.54) is 12.0 Å². The molecule has 1 fully saturated rings. The van der Waals surface area contributed by atoms with Crippen LogP contribution in [-0.2, 0) is 18.4 Å². The minimum Gasteiger partial charge on any atom is -0.493 e. The summed E-state index contributed by atoms with van der Waals surface area (Å²) in [7, 11) is 5.38. The lowest BCUT2D eigenvalue weighted by molar-refractivity contribution is 0.234. The van der Waals surface area contributed by atoms with Crippen LogP contribution in [0.5, 0.6) is 11.5 Å². The first-order valence-corrected chi connectivity index (χ1v) is 10.6. The maximum absolute atomic E-state index is 5.54. The van der Waals surface area contributed by atoms with Crippen LogP contribution >= 0.6 is 0 Å². The Morgan fingerprint density at radius 3 is 2.39 bits per heavy atom. The highest BCUT2D eigenvalue weighted by Crippen LogP contribution is 2.64. The van der Waals surface area contributed by atoms with E-state index in [1.54, 1.807) is 14.2 Å². The molecule has 0 bridgehead atoms. The third-order valence-electron chi connectivity index (χ3n) is 6.51. The van der Waals surface area contributed by atoms with Crippen molar-refractivity contribution >= 4 is 0 Å². The van der Waals surface area contributed by atoms with Crippen molar-refractivity contribution in [3.63, 3.8) is 0 Å². The molecule has 31 heavy (non-hydrogen) atoms. The van der Waals surface area contributed by atoms with Crippen molar-refractivity contribution in [2.45, 2.75) is 38.6 Å². The fourth-order valence-corrected chi connectivity index (χ4v) is 4.67. The molecule has 1 aliphatic rings. The third-order valence-corrected chi connectivity index (χ3v) is 6.51. The Morgan fingerprint density at radius 1 is 1.03 bits per heavy atom. The van der Waals surface area contributed by atoms with Gasteiger partial charge in [-0.2, -0.15) is 4.98 Å². The number of hydrogen-bond donors (Lipinski definition) is 0. The lowest BCUT2D eigenvalue weighted by Gasteiger charge is -2.26. The summed E-state index contributed by atoms with van der Waals surface area (Å²) in [5, 5.41) is 4.18. The van der Waals surface area contributed by atoms with E-state index in [1.807, 2.05) is 18.2 Å². The fraction of sp³-hybridized carbons (Fsp3) is 0.440. The van der Waals surface area contributed by atoms with Gasteiger partial charge in [-0.15, -0.1) is 0 Å². The van der Waals surface area contributed by atoms with Crippen LogP contribution < -0.4 is 9.47 Å². The van der Waals surface area contributed by atoms with Gasteiger partial charge in [0.25, 0.3) is 0 Å². The summed E-state index contributed by atoms with van der Waals surface area (Å²) in [6.07, 6.45) is 1.76. The number of hydrogen-bond acceptors (Lipinski definition) is 6. The molecule has 6 heteroatoms. The van der Waals surface area contributed by atoms with Crippen molar-refractivity contribution in [3.05, 3.63) is 71.4 Å². The Labute approximate surface area is 184 Å². The van der Waals surface area contributed by atoms with Gasteiger partial charge < -0.3 is 14.0 Å². The minimum atomic E-state index is 0.172. The van der Waals surface area contributed by atoms with E-state index in [0.29, 0.717) is 36.2 Å². The third kappa shape index (κ3) is 4.30. The maximum Gasteiger partial charge on any atom is 0.240 e. The highest BCUT2D eigenvalue weighted by molar-refractivity contribution is 5.43. The molecular weight excluding hydrogens is 390 g/mol. The molecule has 0 spiro atoms. The van der Waals surface area contributed by atoms with Crippen molar-refractivity contribution in [1.29, 1.82) is 0 Å². The summed E-state index contributed by atoms with van der Waals surface area (Å²) in [6.45, 7) is 6.28. The summed E-state index contributed by atoms with van der Waals surface area (Å²) < 4.78 is 16.2. The molecule has 1 aromatic heterocycles. The minimum absolute atomic E-state index is 0.172. The first-order valence-electron chi connectivity index (χ1n) is 10.6. The molecule has 2 aromatic carbocycles. The number of likely N-dealkylation sites (N-methyl/N-ethyl adjacent to an activating group) is 1. The molecule has 1 atom stereocenters. The fourth-order valence-electron chi connectivity index (χ4n) is 4.67. The van der Waals surface area contributed by atoms with Crippen LogP contribution in [0, 0.1) is 5.41 Å². The van der Waals surface area contributed by atoms with Gasteiger partial charge in [0.2, 0.25) is 5.89 Å². The number of ether oxygens (including phenoxy) is 2. The Balaban J connectivity index is 1.41. The van der Waals surface area contributed by atoms with Gasteiger partial charge in [-0.05, 0) is 42.1 Å². The largest absolute Gasteiger partial charge is 0.493 e. The van der Waals surface area contributed by atoms with Gasteiger partial charge in [0.05, 0.1) is 20.8 Å². The molecule has 1 saturated carbocycles. The molecule has 3 aromatic rings. The van der Waals surface area contributed by atoms with Gasteiger partial charge >= 0.3 is 0 Å². The maximum atomic E-state index is 5.54. The highest BCUT2D eigenvalue weighted by Gasteiger charge is 2.61. The molecule has 6 nitrogen and oxygen atoms in total. The number of rotatable bonds is 9. The van der Waals surface area contributed by atoms with Crippen LogP contribution in [0.15, 0.2) is 53.1 Å². The topological polar surface area (TPSA) is 60.6 Å². The summed E-state index contributed by atoms with van der Waals surface area (Å²) in [5.74, 6) is 2.71. The monoisotopic (exact) mass is 421 g/mol. The molecule has 1 aliphatic carbocycles. The van der Waals surface area contributed by atoms with Gasteiger partial charge in [-0.3, -0.25) is 4.90 Å². The zero-order chi connectivity index (χ0) is 22.1.